The molecule has 1 fully saturated rings. The summed E-state index contributed by atoms with van der Waals surface area (Å²) in [6.07, 6.45) is 4.27. The minimum atomic E-state index is -3.93. The average molecular weight is 474 g/mol. The van der Waals surface area contributed by atoms with Gasteiger partial charge in [-0.2, -0.15) is 4.31 Å². The first kappa shape index (κ1) is 24.9. The monoisotopic (exact) mass is 473 g/mol. The molecule has 178 valence electrons. The predicted octanol–water partition coefficient (Wildman–Crippen LogP) is 4.79. The maximum atomic E-state index is 13.8. The van der Waals surface area contributed by atoms with Crippen LogP contribution >= 0.6 is 0 Å². The quantitative estimate of drug-likeness (QED) is 0.459. The zero-order chi connectivity index (χ0) is 24.3. The molecule has 0 atom stereocenters. The van der Waals surface area contributed by atoms with Crippen LogP contribution in [0.2, 0.25) is 0 Å². The molecule has 0 heterocycles. The van der Waals surface area contributed by atoms with Gasteiger partial charge in [0.1, 0.15) is 0 Å². The Morgan fingerprint density at radius 2 is 1.70 bits per heavy atom. The third-order valence-corrected chi connectivity index (χ3v) is 8.43. The molecule has 0 spiro atoms. The molecule has 0 unspecified atom stereocenters. The van der Waals surface area contributed by atoms with Gasteiger partial charge in [0.2, 0.25) is 15.9 Å². The Balaban J connectivity index is 1.95. The molecule has 1 saturated carbocycles. The molecule has 0 bridgehead atoms. The lowest BCUT2D eigenvalue weighted by atomic mass is 9.95. The average Bonchev–Trinajstić information content (AvgIpc) is 2.73. The van der Waals surface area contributed by atoms with Gasteiger partial charge in [-0.05, 0) is 57.7 Å². The Bertz CT molecular complexity index is 1150. The van der Waals surface area contributed by atoms with Gasteiger partial charge < -0.3 is 5.32 Å². The number of sulfonamides is 1. The van der Waals surface area contributed by atoms with Gasteiger partial charge in [-0.15, -0.1) is 0 Å². The predicted molar refractivity (Wildman–Crippen MR) is 128 cm³/mol. The van der Waals surface area contributed by atoms with Crippen LogP contribution in [0.4, 0.5) is 11.4 Å². The second-order valence-electron chi connectivity index (χ2n) is 8.82. The topological polar surface area (TPSA) is 110 Å². The van der Waals surface area contributed by atoms with Crippen molar-refractivity contribution in [2.75, 3.05) is 11.9 Å². The number of benzene rings is 2. The molecular formula is C24H31N3O5S. The maximum absolute atomic E-state index is 13.8. The van der Waals surface area contributed by atoms with E-state index in [0.717, 1.165) is 24.8 Å². The van der Waals surface area contributed by atoms with Crippen molar-refractivity contribution >= 4 is 27.3 Å². The zero-order valence-electron chi connectivity index (χ0n) is 19.6. The summed E-state index contributed by atoms with van der Waals surface area (Å²) >= 11 is 0. The fraction of sp³-hybridized carbons (Fsp3) is 0.458. The van der Waals surface area contributed by atoms with Crippen LogP contribution in [0, 0.1) is 37.8 Å². The van der Waals surface area contributed by atoms with Crippen LogP contribution < -0.4 is 5.32 Å². The summed E-state index contributed by atoms with van der Waals surface area (Å²) in [6, 6.07) is 7.85. The van der Waals surface area contributed by atoms with Gasteiger partial charge in [0, 0.05) is 12.1 Å². The minimum absolute atomic E-state index is 0.101. The minimum Gasteiger partial charge on any atom is -0.324 e. The van der Waals surface area contributed by atoms with E-state index in [2.05, 4.69) is 5.32 Å². The number of hydrogen-bond donors (Lipinski definition) is 1. The van der Waals surface area contributed by atoms with Gasteiger partial charge in [0.05, 0.1) is 27.6 Å². The third-order valence-electron chi connectivity index (χ3n) is 6.23. The molecule has 1 amide bonds. The standard InChI is InChI=1S/C24H31N3O5S/c1-16-13-17(2)24(18(3)14-16)33(31,32)26(20-9-6-5-7-10-20)15-23(28)25-21-11-8-12-22(19(21)4)27(29)30/h8,11-14,20H,5-7,9-10,15H2,1-4H3,(H,25,28). The van der Waals surface area contributed by atoms with E-state index < -0.39 is 20.9 Å². The van der Waals surface area contributed by atoms with Crippen LogP contribution in [-0.2, 0) is 14.8 Å². The van der Waals surface area contributed by atoms with Crippen molar-refractivity contribution < 1.29 is 18.1 Å². The van der Waals surface area contributed by atoms with E-state index in [1.807, 2.05) is 19.1 Å². The first-order chi connectivity index (χ1) is 15.5. The Kier molecular flexibility index (Phi) is 7.54. The number of carbonyl (C=O) groups excluding carboxylic acids is 1. The van der Waals surface area contributed by atoms with Crippen molar-refractivity contribution in [1.82, 2.24) is 4.31 Å². The SMILES string of the molecule is Cc1cc(C)c(S(=O)(=O)N(CC(=O)Nc2cccc([N+](=O)[O-])c2C)C2CCCCC2)c(C)c1. The lowest BCUT2D eigenvalue weighted by Gasteiger charge is -2.33. The molecule has 8 nitrogen and oxygen atoms in total. The molecule has 1 aliphatic rings. The molecular weight excluding hydrogens is 442 g/mol. The van der Waals surface area contributed by atoms with Crippen LogP contribution in [0.1, 0.15) is 54.4 Å². The Morgan fingerprint density at radius 1 is 1.09 bits per heavy atom. The summed E-state index contributed by atoms with van der Waals surface area (Å²) in [6.45, 7) is 6.69. The Morgan fingerprint density at radius 3 is 2.27 bits per heavy atom. The molecule has 0 aliphatic heterocycles. The number of hydrogen-bond acceptors (Lipinski definition) is 5. The van der Waals surface area contributed by atoms with E-state index in [1.165, 1.54) is 16.4 Å². The number of anilines is 1. The largest absolute Gasteiger partial charge is 0.324 e. The Labute approximate surface area is 195 Å². The van der Waals surface area contributed by atoms with E-state index in [4.69, 9.17) is 0 Å². The van der Waals surface area contributed by atoms with Crippen LogP contribution in [0.3, 0.4) is 0 Å². The fourth-order valence-corrected chi connectivity index (χ4v) is 6.81. The highest BCUT2D eigenvalue weighted by atomic mass is 32.2. The molecule has 0 radical (unpaired) electrons. The molecule has 33 heavy (non-hydrogen) atoms. The van der Waals surface area contributed by atoms with Crippen molar-refractivity contribution in [3.63, 3.8) is 0 Å². The molecule has 2 aromatic carbocycles. The smallest absolute Gasteiger partial charge is 0.274 e. The van der Waals surface area contributed by atoms with Crippen molar-refractivity contribution in [3.05, 3.63) is 62.7 Å². The second kappa shape index (κ2) is 10.0. The molecule has 3 rings (SSSR count). The number of nitrogens with one attached hydrogen (secondary N) is 1. The van der Waals surface area contributed by atoms with Gasteiger partial charge in [0.15, 0.2) is 0 Å². The number of rotatable bonds is 7. The van der Waals surface area contributed by atoms with Crippen molar-refractivity contribution in [3.8, 4) is 0 Å². The number of aryl methyl sites for hydroxylation is 3. The van der Waals surface area contributed by atoms with Crippen molar-refractivity contribution in [2.24, 2.45) is 0 Å². The number of nitro benzene ring substituents is 1. The van der Waals surface area contributed by atoms with Crippen LogP contribution in [0.15, 0.2) is 35.2 Å². The molecule has 2 aromatic rings. The van der Waals surface area contributed by atoms with E-state index >= 15 is 0 Å². The van der Waals surface area contributed by atoms with E-state index in [9.17, 15) is 23.3 Å². The normalized spacial score (nSPS) is 14.9. The van der Waals surface area contributed by atoms with Gasteiger partial charge in [-0.3, -0.25) is 14.9 Å². The maximum Gasteiger partial charge on any atom is 0.274 e. The summed E-state index contributed by atoms with van der Waals surface area (Å²) in [5, 5.41) is 13.9. The molecule has 1 aliphatic carbocycles. The lowest BCUT2D eigenvalue weighted by molar-refractivity contribution is -0.385. The van der Waals surface area contributed by atoms with E-state index in [-0.39, 0.29) is 23.2 Å². The summed E-state index contributed by atoms with van der Waals surface area (Å²) in [5.74, 6) is -0.518. The lowest BCUT2D eigenvalue weighted by Crippen LogP contribution is -2.46. The Hall–Kier alpha value is -2.78. The molecule has 1 N–H and O–H groups in total. The highest BCUT2D eigenvalue weighted by molar-refractivity contribution is 7.89. The highest BCUT2D eigenvalue weighted by Crippen LogP contribution is 2.32. The second-order valence-corrected chi connectivity index (χ2v) is 10.7. The van der Waals surface area contributed by atoms with Crippen LogP contribution in [0.25, 0.3) is 0 Å². The van der Waals surface area contributed by atoms with Gasteiger partial charge >= 0.3 is 0 Å². The number of nitro groups is 1. The van der Waals surface area contributed by atoms with Crippen molar-refractivity contribution in [2.45, 2.75) is 70.7 Å². The van der Waals surface area contributed by atoms with Gasteiger partial charge in [-0.25, -0.2) is 8.42 Å². The van der Waals surface area contributed by atoms with E-state index in [0.29, 0.717) is 35.2 Å². The van der Waals surface area contributed by atoms with Gasteiger partial charge in [-0.1, -0.05) is 43.0 Å². The van der Waals surface area contributed by atoms with Crippen LogP contribution in [0.5, 0.6) is 0 Å². The molecule has 0 aromatic heterocycles. The fourth-order valence-electron chi connectivity index (χ4n) is 4.76. The van der Waals surface area contributed by atoms with Crippen molar-refractivity contribution in [1.29, 1.82) is 0 Å². The first-order valence-electron chi connectivity index (χ1n) is 11.2. The van der Waals surface area contributed by atoms with Crippen LogP contribution in [-0.4, -0.2) is 36.1 Å². The number of carbonyl (C=O) groups is 1. The zero-order valence-corrected chi connectivity index (χ0v) is 20.4. The summed E-state index contributed by atoms with van der Waals surface area (Å²) in [7, 11) is -3.93. The van der Waals surface area contributed by atoms with Gasteiger partial charge in [0.25, 0.3) is 5.69 Å². The first-order valence-corrected chi connectivity index (χ1v) is 12.6. The summed E-state index contributed by atoms with van der Waals surface area (Å²) in [4.78, 5) is 24.0. The third kappa shape index (κ3) is 5.42. The summed E-state index contributed by atoms with van der Waals surface area (Å²) in [5.41, 5.74) is 2.82. The highest BCUT2D eigenvalue weighted by Gasteiger charge is 2.36. The number of nitrogens with zero attached hydrogens (tertiary/aromatic N) is 2. The summed E-state index contributed by atoms with van der Waals surface area (Å²) < 4.78 is 29.0. The number of amides is 1. The molecule has 9 heteroatoms. The van der Waals surface area contributed by atoms with E-state index in [1.54, 1.807) is 26.8 Å². The molecule has 0 saturated heterocycles.